The average Bonchev–Trinajstić information content (AvgIpc) is 2.53. The number of ether oxygens (including phenoxy) is 3. The van der Waals surface area contributed by atoms with Gasteiger partial charge in [0.25, 0.3) is 0 Å². The molecule has 0 saturated carbocycles. The van der Waals surface area contributed by atoms with Crippen LogP contribution in [0.5, 0.6) is 0 Å². The van der Waals surface area contributed by atoms with E-state index in [1.165, 1.54) is 0 Å². The summed E-state index contributed by atoms with van der Waals surface area (Å²) in [6.07, 6.45) is 15.5. The molecule has 22 heavy (non-hydrogen) atoms. The lowest BCUT2D eigenvalue weighted by atomic mass is 10.0. The first-order valence-corrected chi connectivity index (χ1v) is 7.42. The molecule has 0 aromatic carbocycles. The zero-order valence-electron chi connectivity index (χ0n) is 12.2. The van der Waals surface area contributed by atoms with Crippen molar-refractivity contribution in [1.29, 1.82) is 0 Å². The van der Waals surface area contributed by atoms with Crippen molar-refractivity contribution >= 4 is 21.8 Å². The molecular formula is C15H19BrN2O4. The molecular weight excluding hydrogens is 352 g/mol. The summed E-state index contributed by atoms with van der Waals surface area (Å²) in [5.74, 6) is 6.81. The van der Waals surface area contributed by atoms with E-state index in [4.69, 9.17) is 33.5 Å². The number of terminal acetylenes is 3. The van der Waals surface area contributed by atoms with Crippen molar-refractivity contribution in [2.24, 2.45) is 0 Å². The standard InChI is InChI=1S/C15H19BrN2O4/c1-4-7-20-11-15(12-21-8-5-2,13-22-9-6-3)18-17-14(19)10-16/h1-3,18H,7-13H2,(H,17,19). The summed E-state index contributed by atoms with van der Waals surface area (Å²) in [7, 11) is 0. The quantitative estimate of drug-likeness (QED) is 0.213. The van der Waals surface area contributed by atoms with Crippen molar-refractivity contribution in [3.8, 4) is 37.0 Å². The number of nitrogens with one attached hydrogen (secondary N) is 2. The lowest BCUT2D eigenvalue weighted by Gasteiger charge is -2.33. The van der Waals surface area contributed by atoms with Gasteiger partial charge in [-0.2, -0.15) is 0 Å². The Morgan fingerprint density at radius 2 is 1.36 bits per heavy atom. The first-order chi connectivity index (χ1) is 10.6. The van der Waals surface area contributed by atoms with E-state index in [2.05, 4.69) is 44.5 Å². The third kappa shape index (κ3) is 9.41. The molecule has 6 nitrogen and oxygen atoms in total. The summed E-state index contributed by atoms with van der Waals surface area (Å²) in [4.78, 5) is 11.4. The molecule has 0 bridgehead atoms. The van der Waals surface area contributed by atoms with Crippen molar-refractivity contribution in [2.45, 2.75) is 5.54 Å². The fourth-order valence-corrected chi connectivity index (χ4v) is 1.53. The smallest absolute Gasteiger partial charge is 0.244 e. The molecule has 0 aliphatic rings. The Morgan fingerprint density at radius 3 is 1.68 bits per heavy atom. The number of rotatable bonds is 12. The Hall–Kier alpha value is -1.53. The number of carbonyl (C=O) groups excluding carboxylic acids is 1. The van der Waals surface area contributed by atoms with Gasteiger partial charge < -0.3 is 14.2 Å². The number of carbonyl (C=O) groups is 1. The van der Waals surface area contributed by atoms with Crippen LogP contribution in [-0.4, -0.2) is 56.4 Å². The van der Waals surface area contributed by atoms with Crippen LogP contribution in [0.15, 0.2) is 0 Å². The van der Waals surface area contributed by atoms with Gasteiger partial charge in [0.15, 0.2) is 0 Å². The highest BCUT2D eigenvalue weighted by Crippen LogP contribution is 2.08. The van der Waals surface area contributed by atoms with Gasteiger partial charge in [0, 0.05) is 0 Å². The average molecular weight is 371 g/mol. The molecule has 0 radical (unpaired) electrons. The van der Waals surface area contributed by atoms with Crippen molar-refractivity contribution < 1.29 is 19.0 Å². The topological polar surface area (TPSA) is 68.8 Å². The molecule has 7 heteroatoms. The Morgan fingerprint density at radius 1 is 0.955 bits per heavy atom. The number of amides is 1. The molecule has 0 aliphatic heterocycles. The van der Waals surface area contributed by atoms with Crippen LogP contribution in [-0.2, 0) is 19.0 Å². The summed E-state index contributed by atoms with van der Waals surface area (Å²) in [5, 5.41) is 0.137. The maximum atomic E-state index is 11.4. The van der Waals surface area contributed by atoms with Crippen LogP contribution in [0.2, 0.25) is 0 Å². The molecule has 0 rings (SSSR count). The van der Waals surface area contributed by atoms with Crippen LogP contribution in [0.25, 0.3) is 0 Å². The van der Waals surface area contributed by atoms with Gasteiger partial charge >= 0.3 is 0 Å². The second-order valence-electron chi connectivity index (χ2n) is 4.18. The molecule has 0 spiro atoms. The van der Waals surface area contributed by atoms with E-state index in [9.17, 15) is 4.79 Å². The minimum atomic E-state index is -0.873. The third-order valence-corrected chi connectivity index (χ3v) is 2.79. The molecule has 0 aliphatic carbocycles. The first-order valence-electron chi connectivity index (χ1n) is 6.29. The van der Waals surface area contributed by atoms with Crippen LogP contribution in [0.3, 0.4) is 0 Å². The normalized spacial score (nSPS) is 10.3. The van der Waals surface area contributed by atoms with E-state index < -0.39 is 5.54 Å². The molecule has 1 amide bonds. The molecule has 0 saturated heterocycles. The second kappa shape index (κ2) is 13.2. The summed E-state index contributed by atoms with van der Waals surface area (Å²) < 4.78 is 16.1. The highest BCUT2D eigenvalue weighted by molar-refractivity contribution is 9.09. The van der Waals surface area contributed by atoms with Gasteiger partial charge in [-0.05, 0) is 0 Å². The van der Waals surface area contributed by atoms with Crippen molar-refractivity contribution in [1.82, 2.24) is 10.9 Å². The Balaban J connectivity index is 4.84. The van der Waals surface area contributed by atoms with Gasteiger partial charge in [-0.3, -0.25) is 10.2 Å². The van der Waals surface area contributed by atoms with E-state index in [1.807, 2.05) is 0 Å². The minimum Gasteiger partial charge on any atom is -0.367 e. The van der Waals surface area contributed by atoms with E-state index in [1.54, 1.807) is 0 Å². The Bertz CT molecular complexity index is 398. The number of hydrazine groups is 1. The van der Waals surface area contributed by atoms with Crippen molar-refractivity contribution in [2.75, 3.05) is 45.0 Å². The van der Waals surface area contributed by atoms with Gasteiger partial charge in [-0.15, -0.1) is 19.3 Å². The van der Waals surface area contributed by atoms with E-state index in [0.717, 1.165) is 0 Å². The molecule has 0 unspecified atom stereocenters. The molecule has 2 N–H and O–H groups in total. The largest absolute Gasteiger partial charge is 0.367 e. The van der Waals surface area contributed by atoms with E-state index in [0.29, 0.717) is 0 Å². The SMILES string of the molecule is C#CCOCC(COCC#C)(COCC#C)NNC(=O)CBr. The van der Waals surface area contributed by atoms with Crippen LogP contribution >= 0.6 is 15.9 Å². The molecule has 120 valence electrons. The van der Waals surface area contributed by atoms with Gasteiger partial charge in [-0.1, -0.05) is 33.7 Å². The van der Waals surface area contributed by atoms with Gasteiger partial charge in [0.05, 0.1) is 25.2 Å². The molecule has 0 aromatic heterocycles. The van der Waals surface area contributed by atoms with Crippen molar-refractivity contribution in [3.05, 3.63) is 0 Å². The summed E-state index contributed by atoms with van der Waals surface area (Å²) in [6, 6.07) is 0. The summed E-state index contributed by atoms with van der Waals surface area (Å²) in [5.41, 5.74) is 4.50. The zero-order valence-corrected chi connectivity index (χ0v) is 13.8. The van der Waals surface area contributed by atoms with Crippen LogP contribution < -0.4 is 10.9 Å². The number of halogens is 1. The van der Waals surface area contributed by atoms with Gasteiger partial charge in [0.2, 0.25) is 5.91 Å². The van der Waals surface area contributed by atoms with Crippen LogP contribution in [0.4, 0.5) is 0 Å². The zero-order chi connectivity index (χ0) is 16.7. The summed E-state index contributed by atoms with van der Waals surface area (Å²) in [6.45, 7) is 0.735. The lowest BCUT2D eigenvalue weighted by molar-refractivity contribution is -0.121. The third-order valence-electron chi connectivity index (χ3n) is 2.28. The summed E-state index contributed by atoms with van der Waals surface area (Å²) >= 11 is 3.05. The molecule has 0 heterocycles. The van der Waals surface area contributed by atoms with Crippen LogP contribution in [0.1, 0.15) is 0 Å². The second-order valence-corrected chi connectivity index (χ2v) is 4.74. The number of hydrogen-bond acceptors (Lipinski definition) is 5. The maximum absolute atomic E-state index is 11.4. The van der Waals surface area contributed by atoms with Crippen LogP contribution in [0, 0.1) is 37.0 Å². The fourth-order valence-electron chi connectivity index (χ4n) is 1.38. The van der Waals surface area contributed by atoms with E-state index in [-0.39, 0.29) is 50.9 Å². The van der Waals surface area contributed by atoms with Gasteiger partial charge in [0.1, 0.15) is 25.4 Å². The molecule has 0 aromatic rings. The van der Waals surface area contributed by atoms with Gasteiger partial charge in [-0.25, -0.2) is 5.43 Å². The maximum Gasteiger partial charge on any atom is 0.244 e. The minimum absolute atomic E-state index is 0.111. The number of hydrogen-bond donors (Lipinski definition) is 2. The van der Waals surface area contributed by atoms with Crippen molar-refractivity contribution in [3.63, 3.8) is 0 Å². The van der Waals surface area contributed by atoms with E-state index >= 15 is 0 Å². The number of alkyl halides is 1. The predicted octanol–water partition coefficient (Wildman–Crippen LogP) is -0.310. The first kappa shape index (κ1) is 20.5. The molecule has 0 fully saturated rings. The Labute approximate surface area is 139 Å². The highest BCUT2D eigenvalue weighted by Gasteiger charge is 2.32. The Kier molecular flexibility index (Phi) is 12.2. The lowest BCUT2D eigenvalue weighted by Crippen LogP contribution is -2.62. The fraction of sp³-hybridized carbons (Fsp3) is 0.533. The predicted molar refractivity (Wildman–Crippen MR) is 86.8 cm³/mol. The monoisotopic (exact) mass is 370 g/mol. The highest BCUT2D eigenvalue weighted by atomic mass is 79.9. The molecule has 0 atom stereocenters.